The summed E-state index contributed by atoms with van der Waals surface area (Å²) in [5, 5.41) is 21.2. The lowest BCUT2D eigenvalue weighted by atomic mass is 10.1. The van der Waals surface area contributed by atoms with Crippen LogP contribution in [0.2, 0.25) is 0 Å². The van der Waals surface area contributed by atoms with Crippen LogP contribution in [0.1, 0.15) is 23.2 Å². The molecule has 0 spiro atoms. The first-order chi connectivity index (χ1) is 7.65. The van der Waals surface area contributed by atoms with E-state index >= 15 is 0 Å². The van der Waals surface area contributed by atoms with E-state index in [2.05, 4.69) is 11.2 Å². The average Bonchev–Trinajstić information content (AvgIpc) is 2.27. The van der Waals surface area contributed by atoms with Gasteiger partial charge >= 0.3 is 0 Å². The Balaban J connectivity index is 2.59. The molecule has 0 saturated heterocycles. The summed E-state index contributed by atoms with van der Waals surface area (Å²) in [6, 6.07) is 3.79. The highest BCUT2D eigenvalue weighted by Crippen LogP contribution is 2.21. The Morgan fingerprint density at radius 1 is 1.44 bits per heavy atom. The molecule has 0 atom stereocenters. The van der Waals surface area contributed by atoms with Gasteiger partial charge < -0.3 is 15.5 Å². The minimum atomic E-state index is -0.426. The van der Waals surface area contributed by atoms with Crippen molar-refractivity contribution < 1.29 is 15.0 Å². The van der Waals surface area contributed by atoms with Crippen molar-refractivity contribution >= 4 is 5.91 Å². The van der Waals surface area contributed by atoms with E-state index < -0.39 is 5.91 Å². The van der Waals surface area contributed by atoms with Gasteiger partial charge in [-0.2, -0.15) is 0 Å². The van der Waals surface area contributed by atoms with Crippen LogP contribution >= 0.6 is 0 Å². The second kappa shape index (κ2) is 5.66. The predicted octanol–water partition coefficient (Wildman–Crippen LogP) is 1.24. The fourth-order valence-electron chi connectivity index (χ4n) is 1.19. The first kappa shape index (κ1) is 11.9. The Hall–Kier alpha value is -2.15. The van der Waals surface area contributed by atoms with Crippen molar-refractivity contribution in [3.63, 3.8) is 0 Å². The topological polar surface area (TPSA) is 69.6 Å². The van der Waals surface area contributed by atoms with E-state index in [1.54, 1.807) is 0 Å². The van der Waals surface area contributed by atoms with Crippen molar-refractivity contribution in [3.05, 3.63) is 23.8 Å². The number of phenols is 2. The summed E-state index contributed by atoms with van der Waals surface area (Å²) in [7, 11) is 0. The highest BCUT2D eigenvalue weighted by Gasteiger charge is 2.10. The zero-order valence-electron chi connectivity index (χ0n) is 8.73. The number of terminal acetylenes is 1. The molecule has 4 heteroatoms. The molecule has 0 bridgehead atoms. The fourth-order valence-corrected chi connectivity index (χ4v) is 1.19. The number of carbonyl (C=O) groups excluding carboxylic acids is 1. The fraction of sp³-hybridized carbons (Fsp3) is 0.250. The van der Waals surface area contributed by atoms with Crippen LogP contribution in [0.15, 0.2) is 18.2 Å². The highest BCUT2D eigenvalue weighted by atomic mass is 16.3. The number of benzene rings is 1. The molecule has 0 aromatic heterocycles. The molecule has 0 fully saturated rings. The van der Waals surface area contributed by atoms with E-state index in [1.165, 1.54) is 18.2 Å². The molecule has 0 aliphatic carbocycles. The molecule has 0 radical (unpaired) electrons. The van der Waals surface area contributed by atoms with Crippen molar-refractivity contribution in [2.24, 2.45) is 0 Å². The molecular formula is C12H13NO3. The van der Waals surface area contributed by atoms with Gasteiger partial charge in [-0.15, -0.1) is 12.3 Å². The maximum atomic E-state index is 11.5. The van der Waals surface area contributed by atoms with Gasteiger partial charge in [0.05, 0.1) is 5.56 Å². The lowest BCUT2D eigenvalue weighted by Gasteiger charge is -2.06. The van der Waals surface area contributed by atoms with Crippen molar-refractivity contribution in [2.45, 2.75) is 12.8 Å². The summed E-state index contributed by atoms with van der Waals surface area (Å²) in [5.41, 5.74) is 0.0562. The van der Waals surface area contributed by atoms with Gasteiger partial charge in [-0.1, -0.05) is 0 Å². The Morgan fingerprint density at radius 3 is 2.88 bits per heavy atom. The normalized spacial score (nSPS) is 9.44. The van der Waals surface area contributed by atoms with Crippen LogP contribution in [-0.2, 0) is 0 Å². The van der Waals surface area contributed by atoms with E-state index in [-0.39, 0.29) is 17.1 Å². The van der Waals surface area contributed by atoms with Gasteiger partial charge in [0.15, 0.2) is 0 Å². The maximum Gasteiger partial charge on any atom is 0.255 e. The second-order valence-corrected chi connectivity index (χ2v) is 3.27. The number of phenolic OH excluding ortho intramolecular Hbond substituents is 2. The van der Waals surface area contributed by atoms with Crippen LogP contribution in [0.3, 0.4) is 0 Å². The van der Waals surface area contributed by atoms with Crippen molar-refractivity contribution in [1.29, 1.82) is 0 Å². The molecule has 1 amide bonds. The van der Waals surface area contributed by atoms with Gasteiger partial charge in [0.2, 0.25) is 0 Å². The van der Waals surface area contributed by atoms with Gasteiger partial charge in [-0.25, -0.2) is 0 Å². The highest BCUT2D eigenvalue weighted by molar-refractivity contribution is 5.97. The number of carbonyl (C=O) groups is 1. The molecule has 1 aromatic rings. The quantitative estimate of drug-likeness (QED) is 0.405. The van der Waals surface area contributed by atoms with Crippen LogP contribution in [0.4, 0.5) is 0 Å². The van der Waals surface area contributed by atoms with Crippen molar-refractivity contribution in [2.75, 3.05) is 6.54 Å². The van der Waals surface area contributed by atoms with E-state index in [9.17, 15) is 15.0 Å². The molecule has 0 saturated carbocycles. The van der Waals surface area contributed by atoms with Crippen LogP contribution < -0.4 is 5.32 Å². The molecule has 0 aliphatic heterocycles. The van der Waals surface area contributed by atoms with Crippen molar-refractivity contribution in [3.8, 4) is 23.8 Å². The standard InChI is InChI=1S/C12H13NO3/c1-2-3-4-7-13-12(16)10-8-9(14)5-6-11(10)15/h1,5-6,8,14-15H,3-4,7H2,(H,13,16). The summed E-state index contributed by atoms with van der Waals surface area (Å²) < 4.78 is 0. The van der Waals surface area contributed by atoms with Crippen LogP contribution in [0.25, 0.3) is 0 Å². The summed E-state index contributed by atoms with van der Waals surface area (Å²) in [5.74, 6) is 1.81. The number of rotatable bonds is 4. The third kappa shape index (κ3) is 3.21. The number of unbranched alkanes of at least 4 members (excludes halogenated alkanes) is 1. The van der Waals surface area contributed by atoms with Gasteiger partial charge in [-0.3, -0.25) is 4.79 Å². The van der Waals surface area contributed by atoms with E-state index in [4.69, 9.17) is 6.42 Å². The monoisotopic (exact) mass is 219 g/mol. The zero-order valence-corrected chi connectivity index (χ0v) is 8.73. The predicted molar refractivity (Wildman–Crippen MR) is 60.2 cm³/mol. The first-order valence-corrected chi connectivity index (χ1v) is 4.89. The summed E-state index contributed by atoms with van der Waals surface area (Å²) in [4.78, 5) is 11.5. The van der Waals surface area contributed by atoms with Gasteiger partial charge in [0, 0.05) is 13.0 Å². The summed E-state index contributed by atoms with van der Waals surface area (Å²) in [6.45, 7) is 0.443. The Kier molecular flexibility index (Phi) is 4.22. The van der Waals surface area contributed by atoms with Gasteiger partial charge in [0.1, 0.15) is 11.5 Å². The minimum Gasteiger partial charge on any atom is -0.508 e. The number of amides is 1. The largest absolute Gasteiger partial charge is 0.508 e. The number of nitrogens with one attached hydrogen (secondary N) is 1. The molecule has 3 N–H and O–H groups in total. The van der Waals surface area contributed by atoms with Crippen LogP contribution in [-0.4, -0.2) is 22.7 Å². The van der Waals surface area contributed by atoms with E-state index in [1.807, 2.05) is 0 Å². The SMILES string of the molecule is C#CCCCNC(=O)c1cc(O)ccc1O. The van der Waals surface area contributed by atoms with Crippen molar-refractivity contribution in [1.82, 2.24) is 5.32 Å². The number of hydrogen-bond acceptors (Lipinski definition) is 3. The molecule has 0 heterocycles. The molecule has 0 unspecified atom stereocenters. The summed E-state index contributed by atoms with van der Waals surface area (Å²) >= 11 is 0. The number of aromatic hydroxyl groups is 2. The van der Waals surface area contributed by atoms with E-state index in [0.717, 1.165) is 0 Å². The van der Waals surface area contributed by atoms with Crippen LogP contribution in [0.5, 0.6) is 11.5 Å². The Bertz CT molecular complexity index is 421. The molecule has 84 valence electrons. The molecule has 1 aromatic carbocycles. The molecule has 1 rings (SSSR count). The molecule has 0 aliphatic rings. The molecule has 16 heavy (non-hydrogen) atoms. The van der Waals surface area contributed by atoms with Gasteiger partial charge in [-0.05, 0) is 24.6 Å². The van der Waals surface area contributed by atoms with E-state index in [0.29, 0.717) is 19.4 Å². The second-order valence-electron chi connectivity index (χ2n) is 3.27. The maximum absolute atomic E-state index is 11.5. The average molecular weight is 219 g/mol. The Morgan fingerprint density at radius 2 is 2.19 bits per heavy atom. The Labute approximate surface area is 93.9 Å². The minimum absolute atomic E-state index is 0.0562. The first-order valence-electron chi connectivity index (χ1n) is 4.89. The molecule has 4 nitrogen and oxygen atoms in total. The molecular weight excluding hydrogens is 206 g/mol. The lowest BCUT2D eigenvalue weighted by Crippen LogP contribution is -2.24. The zero-order chi connectivity index (χ0) is 12.0. The number of hydrogen-bond donors (Lipinski definition) is 3. The van der Waals surface area contributed by atoms with Gasteiger partial charge in [0.25, 0.3) is 5.91 Å². The smallest absolute Gasteiger partial charge is 0.255 e. The summed E-state index contributed by atoms with van der Waals surface area (Å²) in [6.07, 6.45) is 6.34. The van der Waals surface area contributed by atoms with Crippen LogP contribution in [0, 0.1) is 12.3 Å². The lowest BCUT2D eigenvalue weighted by molar-refractivity contribution is 0.0950. The third-order valence-electron chi connectivity index (χ3n) is 2.01. The third-order valence-corrected chi connectivity index (χ3v) is 2.01.